The molecule has 0 aliphatic carbocycles. The van der Waals surface area contributed by atoms with Crippen molar-refractivity contribution in [3.05, 3.63) is 22.2 Å². The van der Waals surface area contributed by atoms with E-state index in [2.05, 4.69) is 13.8 Å². The summed E-state index contributed by atoms with van der Waals surface area (Å²) in [5.74, 6) is 1.48. The van der Waals surface area contributed by atoms with Gasteiger partial charge in [-0.05, 0) is 30.9 Å². The van der Waals surface area contributed by atoms with Crippen LogP contribution in [-0.2, 0) is 6.42 Å². The maximum atomic E-state index is 9.58. The van der Waals surface area contributed by atoms with Crippen molar-refractivity contribution in [3.8, 4) is 11.5 Å². The Hall–Kier alpha value is -0.930. The highest BCUT2D eigenvalue weighted by molar-refractivity contribution is 6.32. The quantitative estimate of drug-likeness (QED) is 0.893. The second-order valence-electron chi connectivity index (χ2n) is 4.71. The van der Waals surface area contributed by atoms with Gasteiger partial charge in [0.15, 0.2) is 11.5 Å². The summed E-state index contributed by atoms with van der Waals surface area (Å²) in [5.41, 5.74) is 2.04. The number of methoxy groups -OCH3 is 2. The third kappa shape index (κ3) is 3.09. The lowest BCUT2D eigenvalue weighted by Gasteiger charge is -2.21. The number of ether oxygens (including phenoxy) is 2. The lowest BCUT2D eigenvalue weighted by molar-refractivity contribution is 0.195. The zero-order valence-electron chi connectivity index (χ0n) is 11.6. The summed E-state index contributed by atoms with van der Waals surface area (Å²) in [6.07, 6.45) is 0.129. The van der Waals surface area contributed by atoms with E-state index in [9.17, 15) is 5.11 Å². The van der Waals surface area contributed by atoms with Crippen LogP contribution in [0.25, 0.3) is 0 Å². The highest BCUT2D eigenvalue weighted by atomic mass is 35.5. The molecule has 0 radical (unpaired) electrons. The van der Waals surface area contributed by atoms with Crippen molar-refractivity contribution in [1.82, 2.24) is 0 Å². The minimum absolute atomic E-state index is 0.264. The smallest absolute Gasteiger partial charge is 0.179 e. The first-order valence-corrected chi connectivity index (χ1v) is 6.41. The van der Waals surface area contributed by atoms with Crippen LogP contribution in [0.3, 0.4) is 0 Å². The van der Waals surface area contributed by atoms with Crippen LogP contribution in [0.4, 0.5) is 0 Å². The van der Waals surface area contributed by atoms with Gasteiger partial charge < -0.3 is 14.6 Å². The molecule has 0 fully saturated rings. The van der Waals surface area contributed by atoms with Gasteiger partial charge in [0.1, 0.15) is 0 Å². The van der Waals surface area contributed by atoms with Gasteiger partial charge in [0, 0.05) is 5.56 Å². The number of rotatable bonds is 5. The fraction of sp³-hybridized carbons (Fsp3) is 0.571. The van der Waals surface area contributed by atoms with Gasteiger partial charge in [0.2, 0.25) is 0 Å². The summed E-state index contributed by atoms with van der Waals surface area (Å²) in [6, 6.07) is 1.85. The van der Waals surface area contributed by atoms with Crippen molar-refractivity contribution in [2.75, 3.05) is 14.2 Å². The summed E-state index contributed by atoms with van der Waals surface area (Å²) in [7, 11) is 3.17. The van der Waals surface area contributed by atoms with Crippen molar-refractivity contribution in [3.63, 3.8) is 0 Å². The minimum Gasteiger partial charge on any atom is -0.492 e. The zero-order valence-corrected chi connectivity index (χ0v) is 12.3. The molecule has 1 aromatic carbocycles. The van der Waals surface area contributed by atoms with Gasteiger partial charge in [0.25, 0.3) is 0 Å². The molecule has 0 saturated carbocycles. The van der Waals surface area contributed by atoms with Crippen LogP contribution in [0.15, 0.2) is 6.07 Å². The molecule has 18 heavy (non-hydrogen) atoms. The lowest BCUT2D eigenvalue weighted by Crippen LogP contribution is -2.10. The summed E-state index contributed by atoms with van der Waals surface area (Å²) < 4.78 is 10.7. The highest BCUT2D eigenvalue weighted by Gasteiger charge is 2.21. The molecule has 3 nitrogen and oxygen atoms in total. The van der Waals surface area contributed by atoms with E-state index in [-0.39, 0.29) is 5.92 Å². The molecule has 1 atom stereocenters. The van der Waals surface area contributed by atoms with Gasteiger partial charge >= 0.3 is 0 Å². The fourth-order valence-electron chi connectivity index (χ4n) is 2.19. The van der Waals surface area contributed by atoms with E-state index < -0.39 is 6.10 Å². The molecule has 0 spiro atoms. The Morgan fingerprint density at radius 1 is 1.17 bits per heavy atom. The number of hydrogen-bond acceptors (Lipinski definition) is 3. The highest BCUT2D eigenvalue weighted by Crippen LogP contribution is 2.43. The second-order valence-corrected chi connectivity index (χ2v) is 5.11. The first-order valence-electron chi connectivity index (χ1n) is 6.03. The van der Waals surface area contributed by atoms with Crippen LogP contribution in [0.1, 0.15) is 37.8 Å². The van der Waals surface area contributed by atoms with Crippen molar-refractivity contribution in [2.24, 2.45) is 0 Å². The molecular weight excluding hydrogens is 252 g/mol. The van der Waals surface area contributed by atoms with Crippen LogP contribution in [0, 0.1) is 0 Å². The molecule has 1 rings (SSSR count). The van der Waals surface area contributed by atoms with Gasteiger partial charge in [-0.15, -0.1) is 0 Å². The van der Waals surface area contributed by atoms with Crippen LogP contribution < -0.4 is 9.47 Å². The number of aliphatic hydroxyl groups excluding tert-OH is 1. The van der Waals surface area contributed by atoms with E-state index in [1.54, 1.807) is 21.1 Å². The van der Waals surface area contributed by atoms with Gasteiger partial charge in [-0.3, -0.25) is 0 Å². The standard InChI is InChI=1S/C14H21ClO3/c1-8(2)12-10(6-9(3)16)7-11(15)13(17-4)14(12)18-5/h7-9,16H,6H2,1-5H3. The molecule has 1 N–H and O–H groups in total. The number of hydrogen-bond donors (Lipinski definition) is 1. The Balaban J connectivity index is 3.47. The third-order valence-corrected chi connectivity index (χ3v) is 3.10. The molecule has 1 unspecified atom stereocenters. The maximum Gasteiger partial charge on any atom is 0.179 e. The second kappa shape index (κ2) is 6.30. The summed E-state index contributed by atoms with van der Waals surface area (Å²) in [6.45, 7) is 5.92. The Kier molecular flexibility index (Phi) is 5.29. The topological polar surface area (TPSA) is 38.7 Å². The predicted molar refractivity (Wildman–Crippen MR) is 74.0 cm³/mol. The summed E-state index contributed by atoms with van der Waals surface area (Å²) >= 11 is 6.19. The Bertz CT molecular complexity index is 414. The van der Waals surface area contributed by atoms with E-state index in [1.807, 2.05) is 6.07 Å². The van der Waals surface area contributed by atoms with Gasteiger partial charge in [-0.1, -0.05) is 25.4 Å². The van der Waals surface area contributed by atoms with E-state index in [0.717, 1.165) is 11.1 Å². The number of benzene rings is 1. The average Bonchev–Trinajstić information content (AvgIpc) is 2.26. The monoisotopic (exact) mass is 272 g/mol. The normalized spacial score (nSPS) is 12.7. The first kappa shape index (κ1) is 15.1. The van der Waals surface area contributed by atoms with Crippen molar-refractivity contribution in [1.29, 1.82) is 0 Å². The van der Waals surface area contributed by atoms with Crippen molar-refractivity contribution >= 4 is 11.6 Å². The average molecular weight is 273 g/mol. The van der Waals surface area contributed by atoms with E-state index >= 15 is 0 Å². The zero-order chi connectivity index (χ0) is 13.9. The molecule has 102 valence electrons. The predicted octanol–water partition coefficient (Wildman–Crippen LogP) is 3.40. The Morgan fingerprint density at radius 3 is 2.11 bits per heavy atom. The van der Waals surface area contributed by atoms with Crippen LogP contribution in [0.5, 0.6) is 11.5 Å². The molecule has 4 heteroatoms. The number of aliphatic hydroxyl groups is 1. The first-order chi connectivity index (χ1) is 8.42. The largest absolute Gasteiger partial charge is 0.492 e. The minimum atomic E-state index is -0.420. The van der Waals surface area contributed by atoms with E-state index in [0.29, 0.717) is 22.9 Å². The molecule has 0 amide bonds. The number of halogens is 1. The van der Waals surface area contributed by atoms with Crippen molar-refractivity contribution < 1.29 is 14.6 Å². The van der Waals surface area contributed by atoms with E-state index in [1.165, 1.54) is 0 Å². The molecule has 0 aromatic heterocycles. The molecular formula is C14H21ClO3. The lowest BCUT2D eigenvalue weighted by atomic mass is 9.92. The van der Waals surface area contributed by atoms with Crippen LogP contribution in [0.2, 0.25) is 5.02 Å². The van der Waals surface area contributed by atoms with Gasteiger partial charge in [0.05, 0.1) is 25.3 Å². The SMILES string of the molecule is COc1c(Cl)cc(CC(C)O)c(C(C)C)c1OC. The maximum absolute atomic E-state index is 9.58. The molecule has 1 aromatic rings. The molecule has 0 saturated heterocycles. The van der Waals surface area contributed by atoms with E-state index in [4.69, 9.17) is 21.1 Å². The van der Waals surface area contributed by atoms with Crippen LogP contribution >= 0.6 is 11.6 Å². The Labute approximate surface area is 114 Å². The molecule has 0 bridgehead atoms. The van der Waals surface area contributed by atoms with Crippen molar-refractivity contribution in [2.45, 2.75) is 39.2 Å². The van der Waals surface area contributed by atoms with Crippen LogP contribution in [-0.4, -0.2) is 25.4 Å². The summed E-state index contributed by atoms with van der Waals surface area (Å²) in [4.78, 5) is 0. The molecule has 0 heterocycles. The summed E-state index contributed by atoms with van der Waals surface area (Å²) in [5, 5.41) is 10.1. The fourth-order valence-corrected chi connectivity index (χ4v) is 2.48. The van der Waals surface area contributed by atoms with Gasteiger partial charge in [-0.2, -0.15) is 0 Å². The van der Waals surface area contributed by atoms with Gasteiger partial charge in [-0.25, -0.2) is 0 Å². The molecule has 0 aliphatic heterocycles. The Morgan fingerprint density at radius 2 is 1.72 bits per heavy atom. The third-order valence-electron chi connectivity index (χ3n) is 2.82. The molecule has 0 aliphatic rings.